The van der Waals surface area contributed by atoms with Gasteiger partial charge in [0.2, 0.25) is 5.95 Å². The standard InChI is InChI=1S/C14H17N5O/c1-3-16-13(20)10-5-4-6-11(9-10)18-14-17-8-7-12(15-2)19-14/h4-9H,3H2,1-2H3,(H,16,20)(H2,15,17,18,19). The average molecular weight is 271 g/mol. The molecule has 0 unspecified atom stereocenters. The molecule has 0 saturated carbocycles. The van der Waals surface area contributed by atoms with Crippen LogP contribution in [-0.4, -0.2) is 29.5 Å². The van der Waals surface area contributed by atoms with Crippen LogP contribution in [0.1, 0.15) is 17.3 Å². The highest BCUT2D eigenvalue weighted by molar-refractivity contribution is 5.95. The van der Waals surface area contributed by atoms with Crippen LogP contribution in [0.15, 0.2) is 36.5 Å². The number of nitrogens with zero attached hydrogens (tertiary/aromatic N) is 2. The van der Waals surface area contributed by atoms with Crippen LogP contribution in [0.3, 0.4) is 0 Å². The number of rotatable bonds is 5. The van der Waals surface area contributed by atoms with Crippen LogP contribution in [0.2, 0.25) is 0 Å². The molecular formula is C14H17N5O. The molecule has 0 fully saturated rings. The molecule has 0 aliphatic rings. The average Bonchev–Trinajstić information content (AvgIpc) is 2.48. The van der Waals surface area contributed by atoms with Gasteiger partial charge in [-0.15, -0.1) is 0 Å². The minimum absolute atomic E-state index is 0.0963. The highest BCUT2D eigenvalue weighted by Crippen LogP contribution is 2.15. The van der Waals surface area contributed by atoms with Crippen molar-refractivity contribution in [3.63, 3.8) is 0 Å². The highest BCUT2D eigenvalue weighted by Gasteiger charge is 2.05. The Hall–Kier alpha value is -2.63. The normalized spacial score (nSPS) is 9.90. The number of hydrogen-bond donors (Lipinski definition) is 3. The number of carbonyl (C=O) groups is 1. The number of carbonyl (C=O) groups excluding carboxylic acids is 1. The van der Waals surface area contributed by atoms with Crippen molar-refractivity contribution in [2.75, 3.05) is 24.2 Å². The smallest absolute Gasteiger partial charge is 0.251 e. The van der Waals surface area contributed by atoms with E-state index < -0.39 is 0 Å². The molecule has 0 aliphatic heterocycles. The van der Waals surface area contributed by atoms with Crippen LogP contribution in [0.5, 0.6) is 0 Å². The van der Waals surface area contributed by atoms with E-state index in [-0.39, 0.29) is 5.91 Å². The molecule has 1 aromatic carbocycles. The minimum Gasteiger partial charge on any atom is -0.373 e. The first-order valence-corrected chi connectivity index (χ1v) is 6.39. The van der Waals surface area contributed by atoms with Gasteiger partial charge in [0.25, 0.3) is 5.91 Å². The molecule has 0 radical (unpaired) electrons. The van der Waals surface area contributed by atoms with Gasteiger partial charge in [-0.25, -0.2) is 4.98 Å². The van der Waals surface area contributed by atoms with Gasteiger partial charge in [-0.2, -0.15) is 4.98 Å². The van der Waals surface area contributed by atoms with Crippen molar-refractivity contribution in [1.29, 1.82) is 0 Å². The molecule has 104 valence electrons. The van der Waals surface area contributed by atoms with Crippen molar-refractivity contribution in [1.82, 2.24) is 15.3 Å². The van der Waals surface area contributed by atoms with Gasteiger partial charge in [0.15, 0.2) is 0 Å². The lowest BCUT2D eigenvalue weighted by Gasteiger charge is -2.08. The first kappa shape index (κ1) is 13.8. The fourth-order valence-corrected chi connectivity index (χ4v) is 1.69. The lowest BCUT2D eigenvalue weighted by Crippen LogP contribution is -2.22. The number of benzene rings is 1. The quantitative estimate of drug-likeness (QED) is 0.775. The topological polar surface area (TPSA) is 78.9 Å². The van der Waals surface area contributed by atoms with E-state index in [1.54, 1.807) is 31.4 Å². The lowest BCUT2D eigenvalue weighted by molar-refractivity contribution is 0.0956. The molecular weight excluding hydrogens is 254 g/mol. The van der Waals surface area contributed by atoms with Crippen molar-refractivity contribution in [3.05, 3.63) is 42.1 Å². The third-order valence-electron chi connectivity index (χ3n) is 2.63. The minimum atomic E-state index is -0.0963. The second-order valence-electron chi connectivity index (χ2n) is 4.08. The van der Waals surface area contributed by atoms with Crippen molar-refractivity contribution in [2.45, 2.75) is 6.92 Å². The number of aromatic nitrogens is 2. The third-order valence-corrected chi connectivity index (χ3v) is 2.63. The molecule has 1 amide bonds. The van der Waals surface area contributed by atoms with Crippen molar-refractivity contribution in [2.24, 2.45) is 0 Å². The Morgan fingerprint density at radius 2 is 2.15 bits per heavy atom. The van der Waals surface area contributed by atoms with Gasteiger partial charge in [-0.1, -0.05) is 6.07 Å². The Labute approximate surface area is 117 Å². The van der Waals surface area contributed by atoms with Crippen LogP contribution < -0.4 is 16.0 Å². The molecule has 1 heterocycles. The Kier molecular flexibility index (Phi) is 4.49. The maximum Gasteiger partial charge on any atom is 0.251 e. The van der Waals surface area contributed by atoms with Crippen molar-refractivity contribution in [3.8, 4) is 0 Å². The van der Waals surface area contributed by atoms with Crippen LogP contribution in [0.25, 0.3) is 0 Å². The molecule has 0 spiro atoms. The maximum absolute atomic E-state index is 11.8. The van der Waals surface area contributed by atoms with E-state index in [1.807, 2.05) is 19.1 Å². The zero-order chi connectivity index (χ0) is 14.4. The summed E-state index contributed by atoms with van der Waals surface area (Å²) in [5, 5.41) is 8.78. The van der Waals surface area contributed by atoms with Gasteiger partial charge in [0, 0.05) is 31.0 Å². The number of amides is 1. The number of hydrogen-bond acceptors (Lipinski definition) is 5. The summed E-state index contributed by atoms with van der Waals surface area (Å²) in [6.45, 7) is 2.49. The maximum atomic E-state index is 11.8. The van der Waals surface area contributed by atoms with E-state index in [2.05, 4.69) is 25.9 Å². The van der Waals surface area contributed by atoms with Gasteiger partial charge in [-0.3, -0.25) is 4.79 Å². The fraction of sp³-hybridized carbons (Fsp3) is 0.214. The molecule has 2 rings (SSSR count). The van der Waals surface area contributed by atoms with E-state index in [9.17, 15) is 4.79 Å². The van der Waals surface area contributed by atoms with E-state index in [0.717, 1.165) is 11.5 Å². The summed E-state index contributed by atoms with van der Waals surface area (Å²) in [6.07, 6.45) is 1.66. The van der Waals surface area contributed by atoms with Gasteiger partial charge < -0.3 is 16.0 Å². The van der Waals surface area contributed by atoms with Crippen LogP contribution in [0, 0.1) is 0 Å². The molecule has 0 aliphatic carbocycles. The predicted octanol–water partition coefficient (Wildman–Crippen LogP) is 2.01. The monoisotopic (exact) mass is 271 g/mol. The number of anilines is 3. The van der Waals surface area contributed by atoms with Gasteiger partial charge in [0.1, 0.15) is 5.82 Å². The Balaban J connectivity index is 2.16. The molecule has 0 atom stereocenters. The van der Waals surface area contributed by atoms with E-state index in [0.29, 0.717) is 18.1 Å². The van der Waals surface area contributed by atoms with Crippen LogP contribution in [0.4, 0.5) is 17.5 Å². The summed E-state index contributed by atoms with van der Waals surface area (Å²) in [6, 6.07) is 8.98. The second kappa shape index (κ2) is 6.51. The summed E-state index contributed by atoms with van der Waals surface area (Å²) < 4.78 is 0. The first-order chi connectivity index (χ1) is 9.72. The van der Waals surface area contributed by atoms with Crippen LogP contribution in [-0.2, 0) is 0 Å². The zero-order valence-electron chi connectivity index (χ0n) is 11.5. The predicted molar refractivity (Wildman–Crippen MR) is 79.3 cm³/mol. The molecule has 20 heavy (non-hydrogen) atoms. The molecule has 0 saturated heterocycles. The summed E-state index contributed by atoms with van der Waals surface area (Å²) >= 11 is 0. The molecule has 6 nitrogen and oxygen atoms in total. The van der Waals surface area contributed by atoms with E-state index in [4.69, 9.17) is 0 Å². The van der Waals surface area contributed by atoms with E-state index >= 15 is 0 Å². The van der Waals surface area contributed by atoms with Crippen molar-refractivity contribution < 1.29 is 4.79 Å². The van der Waals surface area contributed by atoms with E-state index in [1.165, 1.54) is 0 Å². The molecule has 3 N–H and O–H groups in total. The third kappa shape index (κ3) is 3.44. The van der Waals surface area contributed by atoms with Gasteiger partial charge in [-0.05, 0) is 31.2 Å². The molecule has 1 aromatic heterocycles. The molecule has 0 bridgehead atoms. The largest absolute Gasteiger partial charge is 0.373 e. The zero-order valence-corrected chi connectivity index (χ0v) is 11.5. The van der Waals surface area contributed by atoms with Gasteiger partial charge >= 0.3 is 0 Å². The fourth-order valence-electron chi connectivity index (χ4n) is 1.69. The summed E-state index contributed by atoms with van der Waals surface area (Å²) in [4.78, 5) is 20.2. The summed E-state index contributed by atoms with van der Waals surface area (Å²) in [5.74, 6) is 1.10. The van der Waals surface area contributed by atoms with Crippen LogP contribution >= 0.6 is 0 Å². The van der Waals surface area contributed by atoms with Gasteiger partial charge in [0.05, 0.1) is 0 Å². The lowest BCUT2D eigenvalue weighted by atomic mass is 10.2. The first-order valence-electron chi connectivity index (χ1n) is 6.39. The summed E-state index contributed by atoms with van der Waals surface area (Å²) in [5.41, 5.74) is 1.36. The SMILES string of the molecule is CCNC(=O)c1cccc(Nc2nccc(NC)n2)c1. The Bertz CT molecular complexity index is 600. The molecule has 6 heteroatoms. The Morgan fingerprint density at radius 3 is 2.90 bits per heavy atom. The van der Waals surface area contributed by atoms with Crippen molar-refractivity contribution >= 4 is 23.4 Å². The second-order valence-corrected chi connectivity index (χ2v) is 4.08. The Morgan fingerprint density at radius 1 is 1.30 bits per heavy atom. The number of nitrogens with one attached hydrogen (secondary N) is 3. The highest BCUT2D eigenvalue weighted by atomic mass is 16.1. The molecule has 2 aromatic rings. The summed E-state index contributed by atoms with van der Waals surface area (Å²) in [7, 11) is 1.79.